The second kappa shape index (κ2) is 4.43. The monoisotopic (exact) mass is 224 g/mol. The molecule has 0 N–H and O–H groups in total. The number of hydrogen-bond donors (Lipinski definition) is 0. The van der Waals surface area contributed by atoms with E-state index >= 15 is 0 Å². The van der Waals surface area contributed by atoms with Gasteiger partial charge in [-0.1, -0.05) is 6.07 Å². The van der Waals surface area contributed by atoms with Gasteiger partial charge < -0.3 is 4.74 Å². The Bertz CT molecular complexity index is 452. The lowest BCUT2D eigenvalue weighted by Crippen LogP contribution is -2.13. The molecule has 1 heterocycles. The first kappa shape index (κ1) is 10.8. The summed E-state index contributed by atoms with van der Waals surface area (Å²) in [6.07, 6.45) is 3.16. The number of ketones is 1. The van der Waals surface area contributed by atoms with E-state index in [2.05, 4.69) is 0 Å². The minimum Gasteiger partial charge on any atom is -0.490 e. The van der Waals surface area contributed by atoms with Gasteiger partial charge in [0.05, 0.1) is 12.2 Å². The predicted molar refractivity (Wildman–Crippen MR) is 54.0 cm³/mol. The van der Waals surface area contributed by atoms with E-state index in [1.165, 1.54) is 12.1 Å². The van der Waals surface area contributed by atoms with Crippen LogP contribution in [-0.2, 0) is 4.74 Å². The van der Waals surface area contributed by atoms with Gasteiger partial charge in [0.15, 0.2) is 17.4 Å². The number of benzene rings is 1. The molecule has 0 fully saturated rings. The highest BCUT2D eigenvalue weighted by Gasteiger charge is 2.21. The number of rotatable bonds is 2. The molecule has 16 heavy (non-hydrogen) atoms. The standard InChI is InChI=1S/C12H10F2O2/c13-9-5-3-4-8(11(9)14)12(15)10-6-1-2-7-16-10/h3-6H,1-2,7H2. The Morgan fingerprint density at radius 1 is 1.31 bits per heavy atom. The highest BCUT2D eigenvalue weighted by molar-refractivity contribution is 6.07. The summed E-state index contributed by atoms with van der Waals surface area (Å²) in [6, 6.07) is 3.52. The van der Waals surface area contributed by atoms with Gasteiger partial charge in [-0.2, -0.15) is 0 Å². The molecule has 0 amide bonds. The summed E-state index contributed by atoms with van der Waals surface area (Å²) in [7, 11) is 0. The molecule has 1 aliphatic rings. The number of ether oxygens (including phenoxy) is 1. The van der Waals surface area contributed by atoms with Crippen molar-refractivity contribution >= 4 is 5.78 Å². The van der Waals surface area contributed by atoms with Gasteiger partial charge in [-0.15, -0.1) is 0 Å². The summed E-state index contributed by atoms with van der Waals surface area (Å²) in [5.74, 6) is -2.64. The van der Waals surface area contributed by atoms with Crippen LogP contribution < -0.4 is 0 Å². The lowest BCUT2D eigenvalue weighted by Gasteiger charge is -2.13. The van der Waals surface area contributed by atoms with Crippen LogP contribution in [0.2, 0.25) is 0 Å². The molecule has 0 radical (unpaired) electrons. The van der Waals surface area contributed by atoms with Crippen LogP contribution in [0.4, 0.5) is 8.78 Å². The van der Waals surface area contributed by atoms with Crippen molar-refractivity contribution in [1.29, 1.82) is 0 Å². The van der Waals surface area contributed by atoms with Crippen molar-refractivity contribution in [3.63, 3.8) is 0 Å². The third-order valence-corrected chi connectivity index (χ3v) is 2.36. The third-order valence-electron chi connectivity index (χ3n) is 2.36. The van der Waals surface area contributed by atoms with Crippen molar-refractivity contribution in [2.45, 2.75) is 12.8 Å². The maximum Gasteiger partial charge on any atom is 0.230 e. The average molecular weight is 224 g/mol. The van der Waals surface area contributed by atoms with Gasteiger partial charge in [-0.05, 0) is 31.1 Å². The SMILES string of the molecule is O=C(C1=CCCCO1)c1cccc(F)c1F. The Hall–Kier alpha value is -1.71. The molecule has 0 aromatic heterocycles. The van der Waals surface area contributed by atoms with Gasteiger partial charge in [-0.25, -0.2) is 8.78 Å². The van der Waals surface area contributed by atoms with Crippen LogP contribution in [0.1, 0.15) is 23.2 Å². The Morgan fingerprint density at radius 3 is 2.81 bits per heavy atom. The number of allylic oxidation sites excluding steroid dienone is 2. The van der Waals surface area contributed by atoms with E-state index in [4.69, 9.17) is 4.74 Å². The molecule has 84 valence electrons. The third kappa shape index (κ3) is 1.96. The zero-order chi connectivity index (χ0) is 11.5. The largest absolute Gasteiger partial charge is 0.490 e. The van der Waals surface area contributed by atoms with Gasteiger partial charge in [0.25, 0.3) is 0 Å². The Kier molecular flexibility index (Phi) is 2.99. The van der Waals surface area contributed by atoms with Gasteiger partial charge >= 0.3 is 0 Å². The zero-order valence-corrected chi connectivity index (χ0v) is 8.50. The van der Waals surface area contributed by atoms with E-state index < -0.39 is 17.4 Å². The highest BCUT2D eigenvalue weighted by Crippen LogP contribution is 2.19. The summed E-state index contributed by atoms with van der Waals surface area (Å²) in [5, 5.41) is 0. The maximum atomic E-state index is 13.3. The lowest BCUT2D eigenvalue weighted by atomic mass is 10.1. The number of carbonyl (C=O) groups is 1. The fraction of sp³-hybridized carbons (Fsp3) is 0.250. The summed E-state index contributed by atoms with van der Waals surface area (Å²) >= 11 is 0. The fourth-order valence-corrected chi connectivity index (χ4v) is 1.53. The molecule has 0 saturated carbocycles. The van der Waals surface area contributed by atoms with Crippen LogP contribution in [-0.4, -0.2) is 12.4 Å². The topological polar surface area (TPSA) is 26.3 Å². The smallest absolute Gasteiger partial charge is 0.230 e. The van der Waals surface area contributed by atoms with E-state index in [1.54, 1.807) is 6.08 Å². The first-order chi connectivity index (χ1) is 7.70. The fourth-order valence-electron chi connectivity index (χ4n) is 1.53. The average Bonchev–Trinajstić information content (AvgIpc) is 2.33. The number of Topliss-reactive ketones (excluding diaryl/α,β-unsaturated/α-hetero) is 1. The Morgan fingerprint density at radius 2 is 2.12 bits per heavy atom. The predicted octanol–water partition coefficient (Wildman–Crippen LogP) is 2.84. The normalized spacial score (nSPS) is 15.2. The molecule has 1 aliphatic heterocycles. The minimum absolute atomic E-state index is 0.107. The van der Waals surface area contributed by atoms with Gasteiger partial charge in [0.2, 0.25) is 5.78 Å². The van der Waals surface area contributed by atoms with Crippen LogP contribution in [0.5, 0.6) is 0 Å². The highest BCUT2D eigenvalue weighted by atomic mass is 19.2. The summed E-state index contributed by atoms with van der Waals surface area (Å²) in [5.41, 5.74) is -0.284. The summed E-state index contributed by atoms with van der Waals surface area (Å²) in [4.78, 5) is 11.8. The van der Waals surface area contributed by atoms with Crippen molar-refractivity contribution in [2.24, 2.45) is 0 Å². The molecule has 1 aromatic rings. The van der Waals surface area contributed by atoms with Gasteiger partial charge in [0.1, 0.15) is 0 Å². The van der Waals surface area contributed by atoms with Crippen LogP contribution >= 0.6 is 0 Å². The van der Waals surface area contributed by atoms with E-state index in [0.29, 0.717) is 6.61 Å². The maximum absolute atomic E-state index is 13.3. The Labute approximate surface area is 91.5 Å². The molecule has 0 aliphatic carbocycles. The van der Waals surface area contributed by atoms with Crippen LogP contribution in [0.25, 0.3) is 0 Å². The molecule has 0 saturated heterocycles. The van der Waals surface area contributed by atoms with Gasteiger partial charge in [-0.3, -0.25) is 4.79 Å². The number of hydrogen-bond acceptors (Lipinski definition) is 2. The summed E-state index contributed by atoms with van der Waals surface area (Å²) < 4.78 is 31.4. The van der Waals surface area contributed by atoms with Crippen molar-refractivity contribution in [3.05, 3.63) is 47.2 Å². The molecular formula is C12H10F2O2. The van der Waals surface area contributed by atoms with Crippen molar-refractivity contribution < 1.29 is 18.3 Å². The zero-order valence-electron chi connectivity index (χ0n) is 8.50. The van der Waals surface area contributed by atoms with Gasteiger partial charge in [0, 0.05) is 0 Å². The number of halogens is 2. The lowest BCUT2D eigenvalue weighted by molar-refractivity contribution is 0.0894. The molecule has 0 atom stereocenters. The van der Waals surface area contributed by atoms with E-state index in [-0.39, 0.29) is 11.3 Å². The molecule has 2 nitrogen and oxygen atoms in total. The van der Waals surface area contributed by atoms with Crippen molar-refractivity contribution in [1.82, 2.24) is 0 Å². The molecule has 4 heteroatoms. The Balaban J connectivity index is 2.33. The molecular weight excluding hydrogens is 214 g/mol. The molecule has 0 bridgehead atoms. The van der Waals surface area contributed by atoms with Crippen molar-refractivity contribution in [3.8, 4) is 0 Å². The molecule has 2 rings (SSSR count). The first-order valence-electron chi connectivity index (χ1n) is 5.02. The minimum atomic E-state index is -1.12. The van der Waals surface area contributed by atoms with Crippen LogP contribution in [0, 0.1) is 11.6 Å². The quantitative estimate of drug-likeness (QED) is 0.722. The van der Waals surface area contributed by atoms with Crippen LogP contribution in [0.3, 0.4) is 0 Å². The second-order valence-electron chi connectivity index (χ2n) is 3.49. The van der Waals surface area contributed by atoms with E-state index in [1.807, 2.05) is 0 Å². The van der Waals surface area contributed by atoms with E-state index in [0.717, 1.165) is 18.9 Å². The van der Waals surface area contributed by atoms with Crippen molar-refractivity contribution in [2.75, 3.05) is 6.61 Å². The molecule has 0 spiro atoms. The van der Waals surface area contributed by atoms with Crippen LogP contribution in [0.15, 0.2) is 30.0 Å². The molecule has 0 unspecified atom stereocenters. The summed E-state index contributed by atoms with van der Waals surface area (Å²) in [6.45, 7) is 0.439. The number of carbonyl (C=O) groups excluding carboxylic acids is 1. The van der Waals surface area contributed by atoms with E-state index in [9.17, 15) is 13.6 Å². The molecule has 1 aromatic carbocycles. The second-order valence-corrected chi connectivity index (χ2v) is 3.49. The first-order valence-corrected chi connectivity index (χ1v) is 5.02.